The molecule has 1 radical (unpaired) electrons. The number of nitrogen functional groups attached to an aromatic ring is 1. The Balaban J connectivity index is 2.54. The first kappa shape index (κ1) is 12.6. The number of hydrogen-bond donors (Lipinski definition) is 2. The maximum absolute atomic E-state index is 11.8. The van der Waals surface area contributed by atoms with Gasteiger partial charge in [-0.05, 0) is 25.0 Å². The molecule has 0 aliphatic carbocycles. The molecular weight excluding hydrogens is 200 g/mol. The third-order valence-electron chi connectivity index (χ3n) is 2.44. The van der Waals surface area contributed by atoms with Crippen molar-refractivity contribution in [1.29, 1.82) is 0 Å². The number of hydrogen-bond acceptors (Lipinski definition) is 2. The lowest BCUT2D eigenvalue weighted by atomic mass is 10.0. The third-order valence-corrected chi connectivity index (χ3v) is 2.44. The Morgan fingerprint density at radius 3 is 2.81 bits per heavy atom. The number of carbonyl (C=O) groups excluding carboxylic acids is 1. The molecule has 3 N–H and O–H groups in total. The van der Waals surface area contributed by atoms with Crippen LogP contribution in [0.2, 0.25) is 0 Å². The monoisotopic (exact) mass is 219 g/mol. The molecule has 0 aliphatic rings. The van der Waals surface area contributed by atoms with Crippen LogP contribution in [0.4, 0.5) is 11.4 Å². The molecule has 0 bridgehead atoms. The van der Waals surface area contributed by atoms with Crippen LogP contribution in [0.5, 0.6) is 0 Å². The summed E-state index contributed by atoms with van der Waals surface area (Å²) in [6.45, 7) is 3.99. The smallest absolute Gasteiger partial charge is 0.227 e. The second-order valence-corrected chi connectivity index (χ2v) is 3.89. The van der Waals surface area contributed by atoms with Gasteiger partial charge in [-0.25, -0.2) is 0 Å². The Labute approximate surface area is 97.0 Å². The fourth-order valence-corrected chi connectivity index (χ4v) is 1.38. The second-order valence-electron chi connectivity index (χ2n) is 3.89. The lowest BCUT2D eigenvalue weighted by Crippen LogP contribution is -2.21. The van der Waals surface area contributed by atoms with Crippen molar-refractivity contribution in [3.63, 3.8) is 0 Å². The van der Waals surface area contributed by atoms with E-state index in [1.165, 1.54) is 0 Å². The Morgan fingerprint density at radius 1 is 1.50 bits per heavy atom. The molecule has 0 aliphatic heterocycles. The number of rotatable bonds is 5. The van der Waals surface area contributed by atoms with Crippen molar-refractivity contribution in [1.82, 2.24) is 0 Å². The maximum atomic E-state index is 11.8. The summed E-state index contributed by atoms with van der Waals surface area (Å²) < 4.78 is 0. The Morgan fingerprint density at radius 2 is 2.19 bits per heavy atom. The topological polar surface area (TPSA) is 55.1 Å². The van der Waals surface area contributed by atoms with E-state index in [4.69, 9.17) is 5.73 Å². The van der Waals surface area contributed by atoms with Gasteiger partial charge in [0.25, 0.3) is 0 Å². The largest absolute Gasteiger partial charge is 0.397 e. The average Bonchev–Trinajstić information content (AvgIpc) is 2.28. The summed E-state index contributed by atoms with van der Waals surface area (Å²) in [5, 5.41) is 2.82. The van der Waals surface area contributed by atoms with Gasteiger partial charge in [-0.3, -0.25) is 4.79 Å². The van der Waals surface area contributed by atoms with E-state index in [-0.39, 0.29) is 11.8 Å². The highest BCUT2D eigenvalue weighted by Gasteiger charge is 2.13. The number of nitrogens with one attached hydrogen (secondary N) is 1. The number of nitrogens with two attached hydrogens (primary N) is 1. The highest BCUT2D eigenvalue weighted by Crippen LogP contribution is 2.18. The van der Waals surface area contributed by atoms with Gasteiger partial charge >= 0.3 is 0 Å². The van der Waals surface area contributed by atoms with Gasteiger partial charge in [-0.2, -0.15) is 0 Å². The minimum absolute atomic E-state index is 0.00801. The highest BCUT2D eigenvalue weighted by molar-refractivity contribution is 5.95. The molecule has 1 aromatic rings. The first-order valence-corrected chi connectivity index (χ1v) is 5.63. The van der Waals surface area contributed by atoms with E-state index in [9.17, 15) is 4.79 Å². The molecular formula is C13H19N2O. The van der Waals surface area contributed by atoms with E-state index in [1.807, 2.05) is 25.5 Å². The predicted octanol–water partition coefficient (Wildman–Crippen LogP) is 2.85. The van der Waals surface area contributed by atoms with Gasteiger partial charge in [-0.15, -0.1) is 0 Å². The third kappa shape index (κ3) is 3.57. The zero-order valence-corrected chi connectivity index (χ0v) is 9.86. The van der Waals surface area contributed by atoms with Crippen LogP contribution in [0.1, 0.15) is 26.7 Å². The molecule has 1 unspecified atom stereocenters. The summed E-state index contributed by atoms with van der Waals surface area (Å²) in [4.78, 5) is 11.8. The van der Waals surface area contributed by atoms with Crippen LogP contribution in [-0.2, 0) is 4.79 Å². The lowest BCUT2D eigenvalue weighted by molar-refractivity contribution is -0.118. The molecule has 1 amide bonds. The van der Waals surface area contributed by atoms with E-state index < -0.39 is 0 Å². The van der Waals surface area contributed by atoms with Crippen molar-refractivity contribution in [3.05, 3.63) is 30.7 Å². The molecule has 3 nitrogen and oxygen atoms in total. The normalized spacial score (nSPS) is 12.1. The van der Waals surface area contributed by atoms with Gasteiger partial charge in [-0.1, -0.05) is 32.4 Å². The Bertz CT molecular complexity index is 350. The van der Waals surface area contributed by atoms with Gasteiger partial charge in [0.2, 0.25) is 5.91 Å². The van der Waals surface area contributed by atoms with Crippen LogP contribution in [-0.4, -0.2) is 5.91 Å². The van der Waals surface area contributed by atoms with Crippen LogP contribution in [0.25, 0.3) is 0 Å². The summed E-state index contributed by atoms with van der Waals surface area (Å²) in [5.41, 5.74) is 7.02. The van der Waals surface area contributed by atoms with E-state index in [0.29, 0.717) is 11.4 Å². The van der Waals surface area contributed by atoms with Gasteiger partial charge in [0.05, 0.1) is 11.4 Å². The molecule has 1 atom stereocenters. The summed E-state index contributed by atoms with van der Waals surface area (Å²) in [6, 6.07) is 7.28. The lowest BCUT2D eigenvalue weighted by Gasteiger charge is -2.12. The van der Waals surface area contributed by atoms with Crippen molar-refractivity contribution in [2.45, 2.75) is 26.7 Å². The average molecular weight is 219 g/mol. The van der Waals surface area contributed by atoms with Crippen molar-refractivity contribution in [2.75, 3.05) is 11.1 Å². The Hall–Kier alpha value is -1.51. The Kier molecular flexibility index (Phi) is 4.83. The number of unbranched alkanes of at least 4 members (excludes halogenated alkanes) is 1. The summed E-state index contributed by atoms with van der Waals surface area (Å²) in [5.74, 6) is -0.0918. The summed E-state index contributed by atoms with van der Waals surface area (Å²) in [7, 11) is 0. The molecule has 0 saturated heterocycles. The molecule has 87 valence electrons. The summed E-state index contributed by atoms with van der Waals surface area (Å²) in [6.07, 6.45) is 4.04. The minimum atomic E-state index is -0.0837. The SMILES string of the molecule is CCC[CH]C(C)C(=O)Nc1ccccc1N. The van der Waals surface area contributed by atoms with Crippen molar-refractivity contribution < 1.29 is 4.79 Å². The highest BCUT2D eigenvalue weighted by atomic mass is 16.1. The number of para-hydroxylation sites is 2. The molecule has 0 fully saturated rings. The number of amides is 1. The van der Waals surface area contributed by atoms with E-state index in [2.05, 4.69) is 12.2 Å². The van der Waals surface area contributed by atoms with Crippen molar-refractivity contribution >= 4 is 17.3 Å². The van der Waals surface area contributed by atoms with Crippen LogP contribution >= 0.6 is 0 Å². The number of benzene rings is 1. The zero-order chi connectivity index (χ0) is 12.0. The standard InChI is InChI=1S/C13H19N2O/c1-3-4-7-10(2)13(16)15-12-9-6-5-8-11(12)14/h5-10H,3-4,14H2,1-2H3,(H,15,16). The minimum Gasteiger partial charge on any atom is -0.397 e. The van der Waals surface area contributed by atoms with Crippen molar-refractivity contribution in [2.24, 2.45) is 5.92 Å². The van der Waals surface area contributed by atoms with E-state index in [1.54, 1.807) is 12.1 Å². The molecule has 16 heavy (non-hydrogen) atoms. The van der Waals surface area contributed by atoms with Crippen molar-refractivity contribution in [3.8, 4) is 0 Å². The molecule has 0 spiro atoms. The van der Waals surface area contributed by atoms with Crippen LogP contribution in [0.3, 0.4) is 0 Å². The van der Waals surface area contributed by atoms with Crippen LogP contribution < -0.4 is 11.1 Å². The molecule has 0 heterocycles. The van der Waals surface area contributed by atoms with Crippen LogP contribution in [0, 0.1) is 12.3 Å². The van der Waals surface area contributed by atoms with Gasteiger partial charge in [0.1, 0.15) is 0 Å². The number of carbonyl (C=O) groups is 1. The second kappa shape index (κ2) is 6.16. The van der Waals surface area contributed by atoms with Crippen LogP contribution in [0.15, 0.2) is 24.3 Å². The molecule has 1 aromatic carbocycles. The molecule has 1 rings (SSSR count). The fourth-order valence-electron chi connectivity index (χ4n) is 1.38. The first-order valence-electron chi connectivity index (χ1n) is 5.63. The quantitative estimate of drug-likeness (QED) is 0.748. The first-order chi connectivity index (χ1) is 7.65. The zero-order valence-electron chi connectivity index (χ0n) is 9.86. The number of anilines is 2. The van der Waals surface area contributed by atoms with Gasteiger partial charge in [0, 0.05) is 5.92 Å². The van der Waals surface area contributed by atoms with Gasteiger partial charge < -0.3 is 11.1 Å². The fraction of sp³-hybridized carbons (Fsp3) is 0.385. The maximum Gasteiger partial charge on any atom is 0.227 e. The summed E-state index contributed by atoms with van der Waals surface area (Å²) >= 11 is 0. The van der Waals surface area contributed by atoms with E-state index in [0.717, 1.165) is 12.8 Å². The molecule has 0 saturated carbocycles. The predicted molar refractivity (Wildman–Crippen MR) is 67.9 cm³/mol. The van der Waals surface area contributed by atoms with E-state index >= 15 is 0 Å². The molecule has 0 aromatic heterocycles. The molecule has 3 heteroatoms. The van der Waals surface area contributed by atoms with Gasteiger partial charge in [0.15, 0.2) is 0 Å².